The average molecular weight is 532 g/mol. The molecule has 7 heteroatoms. The highest BCUT2D eigenvalue weighted by Crippen LogP contribution is 2.37. The Morgan fingerprint density at radius 1 is 0.806 bits per heavy atom. The first-order valence-electron chi connectivity index (χ1n) is 11.4. The van der Waals surface area contributed by atoms with Crippen molar-refractivity contribution in [2.45, 2.75) is 24.0 Å². The summed E-state index contributed by atoms with van der Waals surface area (Å²) in [6, 6.07) is 31.1. The standard InChI is InChI=1S/C29H26ClN3OS2/c1-19-11-15-23(16-12-19)31-29(35)32-24-9-6-10-25(18-24)36-27(21-7-4-3-5-8-21)28(34)33-26-17-22(30)14-13-20(26)2/h3-18,27H,1-2H3,(H,33,34)(H2,31,32,35). The van der Waals surface area contributed by atoms with Crippen molar-refractivity contribution in [3.63, 3.8) is 0 Å². The fourth-order valence-corrected chi connectivity index (χ4v) is 5.03. The molecule has 182 valence electrons. The molecule has 0 aliphatic heterocycles. The molecule has 1 unspecified atom stereocenters. The van der Waals surface area contributed by atoms with Crippen molar-refractivity contribution in [3.8, 4) is 0 Å². The summed E-state index contributed by atoms with van der Waals surface area (Å²) >= 11 is 13.1. The van der Waals surface area contributed by atoms with Crippen LogP contribution in [0, 0.1) is 13.8 Å². The summed E-state index contributed by atoms with van der Waals surface area (Å²) in [7, 11) is 0. The van der Waals surface area contributed by atoms with Crippen LogP contribution in [-0.4, -0.2) is 11.0 Å². The van der Waals surface area contributed by atoms with E-state index in [4.69, 9.17) is 23.8 Å². The van der Waals surface area contributed by atoms with E-state index in [9.17, 15) is 4.79 Å². The molecule has 4 aromatic carbocycles. The highest BCUT2D eigenvalue weighted by Gasteiger charge is 2.23. The zero-order valence-corrected chi connectivity index (χ0v) is 22.3. The van der Waals surface area contributed by atoms with Gasteiger partial charge in [-0.15, -0.1) is 11.8 Å². The predicted molar refractivity (Wildman–Crippen MR) is 157 cm³/mol. The molecule has 3 N–H and O–H groups in total. The number of hydrogen-bond donors (Lipinski definition) is 3. The minimum Gasteiger partial charge on any atom is -0.332 e. The number of rotatable bonds is 7. The Hall–Kier alpha value is -3.32. The van der Waals surface area contributed by atoms with Crippen molar-refractivity contribution in [2.24, 2.45) is 0 Å². The van der Waals surface area contributed by atoms with Crippen molar-refractivity contribution in [2.75, 3.05) is 16.0 Å². The summed E-state index contributed by atoms with van der Waals surface area (Å²) in [5, 5.41) is 10.1. The third-order valence-corrected chi connectivity index (χ3v) is 7.14. The normalized spacial score (nSPS) is 11.4. The molecule has 0 fully saturated rings. The van der Waals surface area contributed by atoms with Gasteiger partial charge in [-0.1, -0.05) is 71.8 Å². The number of carbonyl (C=O) groups excluding carboxylic acids is 1. The van der Waals surface area contributed by atoms with Gasteiger partial charge in [0.1, 0.15) is 5.25 Å². The third kappa shape index (κ3) is 7.10. The second kappa shape index (κ2) is 12.1. The fraction of sp³-hybridized carbons (Fsp3) is 0.103. The second-order valence-corrected chi connectivity index (χ2v) is 10.4. The molecule has 4 rings (SSSR count). The lowest BCUT2D eigenvalue weighted by atomic mass is 10.1. The van der Waals surface area contributed by atoms with Crippen LogP contribution < -0.4 is 16.0 Å². The minimum absolute atomic E-state index is 0.119. The van der Waals surface area contributed by atoms with Crippen molar-refractivity contribution < 1.29 is 4.79 Å². The van der Waals surface area contributed by atoms with Crippen LogP contribution in [-0.2, 0) is 4.79 Å². The third-order valence-electron chi connectivity index (χ3n) is 5.45. The Kier molecular flexibility index (Phi) is 8.65. The first-order valence-corrected chi connectivity index (χ1v) is 13.1. The lowest BCUT2D eigenvalue weighted by Crippen LogP contribution is -2.20. The highest BCUT2D eigenvalue weighted by atomic mass is 35.5. The van der Waals surface area contributed by atoms with Crippen LogP contribution >= 0.6 is 35.6 Å². The molecule has 0 radical (unpaired) electrons. The van der Waals surface area contributed by atoms with E-state index in [0.29, 0.717) is 15.8 Å². The first-order chi connectivity index (χ1) is 17.4. The number of anilines is 3. The van der Waals surface area contributed by atoms with Gasteiger partial charge in [-0.3, -0.25) is 4.79 Å². The maximum absolute atomic E-state index is 13.4. The molecule has 0 aliphatic rings. The molecule has 0 spiro atoms. The Balaban J connectivity index is 1.50. The largest absolute Gasteiger partial charge is 0.332 e. The van der Waals surface area contributed by atoms with Crippen LogP contribution in [0.3, 0.4) is 0 Å². The number of aryl methyl sites for hydroxylation is 2. The summed E-state index contributed by atoms with van der Waals surface area (Å²) in [6.45, 7) is 3.99. The smallest absolute Gasteiger partial charge is 0.242 e. The van der Waals surface area contributed by atoms with Crippen LogP contribution in [0.2, 0.25) is 5.02 Å². The van der Waals surface area contributed by atoms with E-state index in [-0.39, 0.29) is 5.91 Å². The summed E-state index contributed by atoms with van der Waals surface area (Å²) in [5.74, 6) is -0.119. The molecular weight excluding hydrogens is 506 g/mol. The molecule has 0 bridgehead atoms. The van der Waals surface area contributed by atoms with E-state index < -0.39 is 5.25 Å². The summed E-state index contributed by atoms with van der Waals surface area (Å²) in [6.07, 6.45) is 0. The van der Waals surface area contributed by atoms with Crippen LogP contribution in [0.1, 0.15) is 21.9 Å². The number of amides is 1. The van der Waals surface area contributed by atoms with Gasteiger partial charge in [0.15, 0.2) is 5.11 Å². The molecule has 0 aliphatic carbocycles. The van der Waals surface area contributed by atoms with Gasteiger partial charge >= 0.3 is 0 Å². The van der Waals surface area contributed by atoms with Gasteiger partial charge < -0.3 is 16.0 Å². The van der Waals surface area contributed by atoms with E-state index in [1.807, 2.05) is 105 Å². The molecular formula is C29H26ClN3OS2. The molecule has 4 nitrogen and oxygen atoms in total. The van der Waals surface area contributed by atoms with Crippen molar-refractivity contribution >= 4 is 63.7 Å². The molecule has 0 saturated carbocycles. The number of hydrogen-bond acceptors (Lipinski definition) is 3. The van der Waals surface area contributed by atoms with Gasteiger partial charge in [-0.2, -0.15) is 0 Å². The molecule has 0 saturated heterocycles. The zero-order valence-electron chi connectivity index (χ0n) is 19.9. The van der Waals surface area contributed by atoms with Crippen molar-refractivity contribution in [1.82, 2.24) is 0 Å². The van der Waals surface area contributed by atoms with Crippen LogP contribution in [0.5, 0.6) is 0 Å². The Bertz CT molecular complexity index is 1360. The second-order valence-electron chi connectivity index (χ2n) is 8.33. The first kappa shape index (κ1) is 25.8. The van der Waals surface area contributed by atoms with E-state index in [2.05, 4.69) is 16.0 Å². The molecule has 4 aromatic rings. The van der Waals surface area contributed by atoms with E-state index >= 15 is 0 Å². The van der Waals surface area contributed by atoms with Crippen LogP contribution in [0.4, 0.5) is 17.1 Å². The Morgan fingerprint density at radius 3 is 2.28 bits per heavy atom. The van der Waals surface area contributed by atoms with Gasteiger partial charge in [0.05, 0.1) is 0 Å². The van der Waals surface area contributed by atoms with Crippen molar-refractivity contribution in [1.29, 1.82) is 0 Å². The summed E-state index contributed by atoms with van der Waals surface area (Å²) in [4.78, 5) is 14.4. The quantitative estimate of drug-likeness (QED) is 0.165. The monoisotopic (exact) mass is 531 g/mol. The SMILES string of the molecule is Cc1ccc(NC(=S)Nc2cccc(SC(C(=O)Nc3cc(Cl)ccc3C)c3ccccc3)c2)cc1. The number of halogens is 1. The molecule has 0 heterocycles. The van der Waals surface area contributed by atoms with Crippen molar-refractivity contribution in [3.05, 3.63) is 119 Å². The maximum atomic E-state index is 13.4. The van der Waals surface area contributed by atoms with E-state index in [0.717, 1.165) is 27.4 Å². The number of benzene rings is 4. The topological polar surface area (TPSA) is 53.2 Å². The number of thiocarbonyl (C=S) groups is 1. The Labute approximate surface area is 226 Å². The zero-order chi connectivity index (χ0) is 25.5. The number of nitrogens with one attached hydrogen (secondary N) is 3. The van der Waals surface area contributed by atoms with E-state index in [1.165, 1.54) is 17.3 Å². The predicted octanol–water partition coefficient (Wildman–Crippen LogP) is 8.24. The van der Waals surface area contributed by atoms with Gasteiger partial charge in [0, 0.05) is 27.0 Å². The number of thioether (sulfide) groups is 1. The van der Waals surface area contributed by atoms with Gasteiger partial charge in [0.25, 0.3) is 0 Å². The van der Waals surface area contributed by atoms with Gasteiger partial charge in [-0.05, 0) is 79.7 Å². The molecule has 1 amide bonds. The molecule has 0 aromatic heterocycles. The molecule has 1 atom stereocenters. The maximum Gasteiger partial charge on any atom is 0.242 e. The van der Waals surface area contributed by atoms with Gasteiger partial charge in [-0.25, -0.2) is 0 Å². The lowest BCUT2D eigenvalue weighted by Gasteiger charge is -2.19. The average Bonchev–Trinajstić information content (AvgIpc) is 2.87. The fourth-order valence-electron chi connectivity index (χ4n) is 3.54. The highest BCUT2D eigenvalue weighted by molar-refractivity contribution is 8.00. The summed E-state index contributed by atoms with van der Waals surface area (Å²) in [5.41, 5.74) is 5.51. The molecule has 36 heavy (non-hydrogen) atoms. The minimum atomic E-state index is -0.461. The summed E-state index contributed by atoms with van der Waals surface area (Å²) < 4.78 is 0. The van der Waals surface area contributed by atoms with Gasteiger partial charge in [0.2, 0.25) is 5.91 Å². The Morgan fingerprint density at radius 2 is 1.53 bits per heavy atom. The van der Waals surface area contributed by atoms with Crippen LogP contribution in [0.25, 0.3) is 0 Å². The lowest BCUT2D eigenvalue weighted by molar-refractivity contribution is -0.115. The number of carbonyl (C=O) groups is 1. The van der Waals surface area contributed by atoms with E-state index in [1.54, 1.807) is 6.07 Å². The van der Waals surface area contributed by atoms with Crippen LogP contribution in [0.15, 0.2) is 102 Å².